The lowest BCUT2D eigenvalue weighted by Crippen LogP contribution is -2.11. The van der Waals surface area contributed by atoms with Crippen molar-refractivity contribution < 1.29 is 4.74 Å². The molecule has 3 heteroatoms. The molecule has 0 amide bonds. The third kappa shape index (κ3) is 3.47. The highest BCUT2D eigenvalue weighted by Crippen LogP contribution is 2.28. The Kier molecular flexibility index (Phi) is 4.81. The first-order valence-corrected chi connectivity index (χ1v) is 9.19. The number of aryl methyl sites for hydroxylation is 1. The van der Waals surface area contributed by atoms with Gasteiger partial charge in [0.25, 0.3) is 0 Å². The molecule has 0 spiro atoms. The third-order valence-electron chi connectivity index (χ3n) is 4.75. The topological polar surface area (TPSA) is 31.2 Å². The van der Waals surface area contributed by atoms with E-state index in [1.165, 1.54) is 7.11 Å². The summed E-state index contributed by atoms with van der Waals surface area (Å²) in [6.45, 7) is 2.08. The van der Waals surface area contributed by atoms with Crippen molar-refractivity contribution >= 4 is 0 Å². The molecule has 4 rings (SSSR count). The van der Waals surface area contributed by atoms with Crippen LogP contribution in [0.15, 0.2) is 95.9 Å². The summed E-state index contributed by atoms with van der Waals surface area (Å²) in [6, 6.07) is 28.3. The average molecular weight is 367 g/mol. The minimum absolute atomic E-state index is 0.131. The zero-order chi connectivity index (χ0) is 19.5. The highest BCUT2D eigenvalue weighted by atomic mass is 16.5. The first-order chi connectivity index (χ1) is 13.7. The second-order valence-electron chi connectivity index (χ2n) is 6.75. The molecule has 0 aliphatic rings. The molecular weight excluding hydrogens is 346 g/mol. The zero-order valence-corrected chi connectivity index (χ0v) is 15.9. The molecule has 0 fully saturated rings. The zero-order valence-electron chi connectivity index (χ0n) is 15.9. The summed E-state index contributed by atoms with van der Waals surface area (Å²) in [7, 11) is 1.52. The van der Waals surface area contributed by atoms with Crippen LogP contribution in [-0.4, -0.2) is 11.7 Å². The molecule has 3 nitrogen and oxygen atoms in total. The van der Waals surface area contributed by atoms with Gasteiger partial charge in [0.15, 0.2) is 5.75 Å². The lowest BCUT2D eigenvalue weighted by Gasteiger charge is -2.17. The summed E-state index contributed by atoms with van der Waals surface area (Å²) in [5.74, 6) is 0.322. The van der Waals surface area contributed by atoms with E-state index in [-0.39, 0.29) is 5.43 Å². The van der Waals surface area contributed by atoms with Crippen molar-refractivity contribution in [2.45, 2.75) is 6.92 Å². The highest BCUT2D eigenvalue weighted by molar-refractivity contribution is 5.69. The van der Waals surface area contributed by atoms with E-state index in [1.807, 2.05) is 53.1 Å². The van der Waals surface area contributed by atoms with Crippen molar-refractivity contribution in [1.82, 2.24) is 4.57 Å². The summed E-state index contributed by atoms with van der Waals surface area (Å²) in [4.78, 5) is 12.4. The van der Waals surface area contributed by atoms with Crippen molar-refractivity contribution in [3.63, 3.8) is 0 Å². The fourth-order valence-electron chi connectivity index (χ4n) is 3.41. The van der Waals surface area contributed by atoms with Gasteiger partial charge >= 0.3 is 0 Å². The van der Waals surface area contributed by atoms with Crippen LogP contribution in [0.4, 0.5) is 0 Å². The van der Waals surface area contributed by atoms with Gasteiger partial charge in [-0.05, 0) is 41.3 Å². The number of nitrogens with zero attached hydrogens (tertiary/aromatic N) is 1. The van der Waals surface area contributed by atoms with Crippen LogP contribution in [0.5, 0.6) is 5.75 Å². The van der Waals surface area contributed by atoms with Gasteiger partial charge < -0.3 is 9.30 Å². The number of methoxy groups -OCH3 is 1. The number of rotatable bonds is 4. The highest BCUT2D eigenvalue weighted by Gasteiger charge is 2.12. The van der Waals surface area contributed by atoms with Gasteiger partial charge in [0.05, 0.1) is 19.0 Å². The van der Waals surface area contributed by atoms with Crippen LogP contribution in [0, 0.1) is 6.92 Å². The Bertz CT molecular complexity index is 1160. The molecule has 0 saturated carbocycles. The Hall–Kier alpha value is -3.59. The molecule has 0 unspecified atom stereocenters. The van der Waals surface area contributed by atoms with Crippen LogP contribution < -0.4 is 10.2 Å². The Morgan fingerprint density at radius 1 is 0.750 bits per heavy atom. The summed E-state index contributed by atoms with van der Waals surface area (Å²) in [5.41, 5.74) is 6.09. The predicted molar refractivity (Wildman–Crippen MR) is 114 cm³/mol. The van der Waals surface area contributed by atoms with Crippen molar-refractivity contribution in [3.8, 4) is 33.8 Å². The van der Waals surface area contributed by atoms with E-state index >= 15 is 0 Å². The maximum Gasteiger partial charge on any atom is 0.224 e. The van der Waals surface area contributed by atoms with E-state index in [4.69, 9.17) is 4.74 Å². The fraction of sp³-hybridized carbons (Fsp3) is 0.0800. The van der Waals surface area contributed by atoms with Gasteiger partial charge in [-0.25, -0.2) is 0 Å². The molecule has 3 aromatic carbocycles. The summed E-state index contributed by atoms with van der Waals surface area (Å²) < 4.78 is 7.33. The van der Waals surface area contributed by atoms with Crippen LogP contribution >= 0.6 is 0 Å². The van der Waals surface area contributed by atoms with Gasteiger partial charge in [-0.2, -0.15) is 0 Å². The SMILES string of the molecule is COc1cn(-c2cc(C)cc(-c3ccccc3)c2)c(-c2ccccc2)cc1=O. The molecule has 1 aromatic heterocycles. The smallest absolute Gasteiger partial charge is 0.224 e. The van der Waals surface area contributed by atoms with E-state index < -0.39 is 0 Å². The van der Waals surface area contributed by atoms with E-state index in [9.17, 15) is 4.79 Å². The molecule has 0 saturated heterocycles. The first-order valence-electron chi connectivity index (χ1n) is 9.19. The van der Waals surface area contributed by atoms with Gasteiger partial charge in [0.2, 0.25) is 5.43 Å². The first kappa shape index (κ1) is 17.8. The second kappa shape index (κ2) is 7.57. The Morgan fingerprint density at radius 2 is 1.39 bits per heavy atom. The van der Waals surface area contributed by atoms with Gasteiger partial charge in [-0.3, -0.25) is 4.79 Å². The van der Waals surface area contributed by atoms with E-state index in [2.05, 4.69) is 37.3 Å². The summed E-state index contributed by atoms with van der Waals surface area (Å²) in [5, 5.41) is 0. The number of hydrogen-bond donors (Lipinski definition) is 0. The minimum atomic E-state index is -0.131. The standard InChI is InChI=1S/C25H21NO2/c1-18-13-21(19-9-5-3-6-10-19)15-22(14-18)26-17-25(28-2)24(27)16-23(26)20-11-7-4-8-12-20/h3-17H,1-2H3. The van der Waals surface area contributed by atoms with Crippen molar-refractivity contribution in [1.29, 1.82) is 0 Å². The quantitative estimate of drug-likeness (QED) is 0.478. The number of pyridine rings is 1. The maximum absolute atomic E-state index is 12.4. The van der Waals surface area contributed by atoms with E-state index in [0.717, 1.165) is 33.6 Å². The molecule has 1 heterocycles. The van der Waals surface area contributed by atoms with E-state index in [0.29, 0.717) is 5.75 Å². The van der Waals surface area contributed by atoms with Crippen molar-refractivity contribution in [2.24, 2.45) is 0 Å². The molecule has 4 aromatic rings. The minimum Gasteiger partial charge on any atom is -0.491 e. The molecular formula is C25H21NO2. The van der Waals surface area contributed by atoms with Gasteiger partial charge in [-0.15, -0.1) is 0 Å². The molecule has 0 aliphatic heterocycles. The van der Waals surface area contributed by atoms with Gasteiger partial charge in [-0.1, -0.05) is 66.7 Å². The summed E-state index contributed by atoms with van der Waals surface area (Å²) in [6.07, 6.45) is 1.77. The molecule has 0 aliphatic carbocycles. The van der Waals surface area contributed by atoms with Crippen molar-refractivity contribution in [2.75, 3.05) is 7.11 Å². The van der Waals surface area contributed by atoms with Crippen LogP contribution in [0.3, 0.4) is 0 Å². The van der Waals surface area contributed by atoms with Gasteiger partial charge in [0.1, 0.15) is 0 Å². The summed E-state index contributed by atoms with van der Waals surface area (Å²) >= 11 is 0. The Labute approximate surface area is 164 Å². The average Bonchev–Trinajstić information content (AvgIpc) is 2.74. The molecule has 28 heavy (non-hydrogen) atoms. The second-order valence-corrected chi connectivity index (χ2v) is 6.75. The lowest BCUT2D eigenvalue weighted by atomic mass is 10.0. The monoisotopic (exact) mass is 367 g/mol. The normalized spacial score (nSPS) is 10.6. The Balaban J connectivity index is 1.96. The van der Waals surface area contributed by atoms with Crippen LogP contribution in [-0.2, 0) is 0 Å². The number of benzene rings is 3. The lowest BCUT2D eigenvalue weighted by molar-refractivity contribution is 0.407. The fourth-order valence-corrected chi connectivity index (χ4v) is 3.41. The predicted octanol–water partition coefficient (Wildman–Crippen LogP) is 5.49. The van der Waals surface area contributed by atoms with Crippen molar-refractivity contribution in [3.05, 3.63) is 107 Å². The maximum atomic E-state index is 12.4. The van der Waals surface area contributed by atoms with Crippen LogP contribution in [0.2, 0.25) is 0 Å². The van der Waals surface area contributed by atoms with Crippen LogP contribution in [0.25, 0.3) is 28.1 Å². The molecule has 0 bridgehead atoms. The van der Waals surface area contributed by atoms with Gasteiger partial charge in [0, 0.05) is 11.8 Å². The molecule has 0 atom stereocenters. The Morgan fingerprint density at radius 3 is 2.04 bits per heavy atom. The van der Waals surface area contributed by atoms with E-state index in [1.54, 1.807) is 12.3 Å². The number of hydrogen-bond acceptors (Lipinski definition) is 2. The molecule has 0 radical (unpaired) electrons. The van der Waals surface area contributed by atoms with Crippen LogP contribution in [0.1, 0.15) is 5.56 Å². The third-order valence-corrected chi connectivity index (χ3v) is 4.75. The number of ether oxygens (including phenoxy) is 1. The molecule has 138 valence electrons. The largest absolute Gasteiger partial charge is 0.491 e. The molecule has 0 N–H and O–H groups in total. The number of aromatic nitrogens is 1.